The highest BCUT2D eigenvalue weighted by Crippen LogP contribution is 2.57. The fourth-order valence-corrected chi connectivity index (χ4v) is 4.48. The van der Waals surface area contributed by atoms with Crippen molar-refractivity contribution >= 4 is 16.7 Å². The van der Waals surface area contributed by atoms with E-state index in [0.717, 1.165) is 30.3 Å². The summed E-state index contributed by atoms with van der Waals surface area (Å²) in [7, 11) is 0. The van der Waals surface area contributed by atoms with E-state index in [2.05, 4.69) is 9.97 Å². The summed E-state index contributed by atoms with van der Waals surface area (Å²) in [6, 6.07) is 4.35. The second-order valence-electron chi connectivity index (χ2n) is 9.27. The average molecular weight is 713 g/mol. The van der Waals surface area contributed by atoms with Gasteiger partial charge in [0.15, 0.2) is 52.2 Å². The van der Waals surface area contributed by atoms with Gasteiger partial charge in [0.1, 0.15) is 41.5 Å². The third-order valence-corrected chi connectivity index (χ3v) is 6.60. The first-order valence-electron chi connectivity index (χ1n) is 12.2. The molecule has 250 valence electrons. The molecule has 0 radical (unpaired) electrons. The first-order valence-corrected chi connectivity index (χ1v) is 12.2. The Bertz CT molecular complexity index is 2210. The summed E-state index contributed by atoms with van der Waals surface area (Å²) < 4.78 is 200. The van der Waals surface area contributed by atoms with Crippen molar-refractivity contribution in [1.29, 1.82) is 26.3 Å². The number of halogens is 14. The third-order valence-electron chi connectivity index (χ3n) is 6.60. The van der Waals surface area contributed by atoms with Gasteiger partial charge in [-0.3, -0.25) is 0 Å². The second kappa shape index (κ2) is 12.3. The first-order chi connectivity index (χ1) is 23.2. The average Bonchev–Trinajstić information content (AvgIpc) is 3.76. The van der Waals surface area contributed by atoms with E-state index in [9.17, 15) is 59.7 Å². The largest absolute Gasteiger partial charge is 0.451 e. The molecule has 0 atom stereocenters. The Kier molecular flexibility index (Phi) is 8.90. The van der Waals surface area contributed by atoms with Crippen molar-refractivity contribution in [3.8, 4) is 30.3 Å². The summed E-state index contributed by atoms with van der Waals surface area (Å²) in [5, 5.41) is 47.2. The smallest absolute Gasteiger partial charge is 0.232 e. The zero-order chi connectivity index (χ0) is 37.8. The number of nitrogens with zero attached hydrogens (tertiary/aromatic N) is 7. The summed E-state index contributed by atoms with van der Waals surface area (Å²) in [5.74, 6) is -22.6. The molecule has 4 rings (SSSR count). The van der Waals surface area contributed by atoms with Crippen molar-refractivity contribution in [2.75, 3.05) is 0 Å². The zero-order valence-electron chi connectivity index (χ0n) is 23.0. The summed E-state index contributed by atoms with van der Waals surface area (Å²) >= 11 is 0. The fraction of sp³-hybridized carbons (Fsp3) is 0.0690. The second-order valence-corrected chi connectivity index (χ2v) is 9.27. The van der Waals surface area contributed by atoms with Crippen LogP contribution in [0.4, 0.5) is 61.5 Å². The molecular formula is C29HF14N7. The Morgan fingerprint density at radius 1 is 0.500 bits per heavy atom. The molecule has 0 spiro atoms. The predicted octanol–water partition coefficient (Wildman–Crippen LogP) is 7.62. The van der Waals surface area contributed by atoms with Crippen LogP contribution < -0.4 is 0 Å². The maximum Gasteiger partial charge on any atom is 0.451 e. The van der Waals surface area contributed by atoms with Gasteiger partial charge < -0.3 is 0 Å². The topological polar surface area (TPSA) is 145 Å². The van der Waals surface area contributed by atoms with Gasteiger partial charge in [-0.2, -0.15) is 52.7 Å². The van der Waals surface area contributed by atoms with E-state index in [4.69, 9.17) is 10.5 Å². The lowest BCUT2D eigenvalue weighted by molar-refractivity contribution is -0.152. The van der Waals surface area contributed by atoms with E-state index in [1.807, 2.05) is 0 Å². The lowest BCUT2D eigenvalue weighted by Gasteiger charge is -2.13. The molecule has 1 saturated carbocycles. The van der Waals surface area contributed by atoms with Crippen molar-refractivity contribution in [1.82, 2.24) is 9.97 Å². The minimum atomic E-state index is -5.91. The molecule has 7 nitrogen and oxygen atoms in total. The minimum absolute atomic E-state index is 0.277. The van der Waals surface area contributed by atoms with Gasteiger partial charge >= 0.3 is 12.4 Å². The summed E-state index contributed by atoms with van der Waals surface area (Å²) in [6.45, 7) is 0. The Labute approximate surface area is 266 Å². The molecule has 0 bridgehead atoms. The molecule has 0 N–H and O–H groups in total. The summed E-state index contributed by atoms with van der Waals surface area (Å²) in [5.41, 5.74) is -21.9. The van der Waals surface area contributed by atoms with Crippen LogP contribution in [0.15, 0.2) is 22.9 Å². The summed E-state index contributed by atoms with van der Waals surface area (Å²) in [6.07, 6.45) is -11.8. The summed E-state index contributed by atoms with van der Waals surface area (Å²) in [4.78, 5) is 4.98. The molecule has 21 heteroatoms. The van der Waals surface area contributed by atoms with E-state index in [-0.39, 0.29) is 6.20 Å². The number of nitriles is 5. The molecule has 3 aromatic rings. The van der Waals surface area contributed by atoms with Gasteiger partial charge in [-0.25, -0.2) is 45.1 Å². The van der Waals surface area contributed by atoms with Gasteiger partial charge in [0.25, 0.3) is 0 Å². The van der Waals surface area contributed by atoms with Gasteiger partial charge in [-0.1, -0.05) is 0 Å². The lowest BCUT2D eigenvalue weighted by Crippen LogP contribution is -2.19. The maximum absolute atomic E-state index is 15.1. The van der Waals surface area contributed by atoms with Crippen LogP contribution in [0.1, 0.15) is 39.3 Å². The predicted molar refractivity (Wildman–Crippen MR) is 132 cm³/mol. The van der Waals surface area contributed by atoms with E-state index in [1.165, 1.54) is 0 Å². The normalized spacial score (nSPS) is 14.5. The molecule has 2 aromatic carbocycles. The zero-order valence-corrected chi connectivity index (χ0v) is 23.0. The number of benzene rings is 2. The van der Waals surface area contributed by atoms with Crippen molar-refractivity contribution in [3.05, 3.63) is 109 Å². The minimum Gasteiger partial charge on any atom is -0.232 e. The van der Waals surface area contributed by atoms with Crippen molar-refractivity contribution < 1.29 is 61.5 Å². The molecule has 1 aliphatic carbocycles. The molecule has 1 fully saturated rings. The highest BCUT2D eigenvalue weighted by atomic mass is 19.4. The Morgan fingerprint density at radius 2 is 0.840 bits per heavy atom. The number of hydrogen-bond acceptors (Lipinski definition) is 7. The standard InChI is InChI=1S/C29HF14N7/c30-18-10(4-47)19(31)23(35)16(22(18)34)8(2-45)14-13(7(1-44)12-6-49-27(29(41,42)43)50-26(12)28(38,39)40)15(14)9(3-46)17-24(36)20(32)11(5-48)21(33)25(17)37/h6H. The van der Waals surface area contributed by atoms with E-state index < -0.39 is 132 Å². The molecule has 1 aromatic heterocycles. The fourth-order valence-electron chi connectivity index (χ4n) is 4.48. The van der Waals surface area contributed by atoms with Gasteiger partial charge in [0.05, 0.1) is 27.8 Å². The highest BCUT2D eigenvalue weighted by Gasteiger charge is 2.48. The molecule has 0 aliphatic heterocycles. The third kappa shape index (κ3) is 5.49. The van der Waals surface area contributed by atoms with Crippen LogP contribution in [-0.2, 0) is 12.4 Å². The number of alkyl halides is 6. The first kappa shape index (κ1) is 36.1. The molecule has 1 aliphatic rings. The van der Waals surface area contributed by atoms with Crippen LogP contribution in [0.2, 0.25) is 0 Å². The molecule has 0 unspecified atom stereocenters. The van der Waals surface area contributed by atoms with Crippen molar-refractivity contribution in [3.63, 3.8) is 0 Å². The van der Waals surface area contributed by atoms with Crippen molar-refractivity contribution in [2.45, 2.75) is 12.4 Å². The lowest BCUT2D eigenvalue weighted by atomic mass is 9.99. The van der Waals surface area contributed by atoms with Crippen LogP contribution in [0.3, 0.4) is 0 Å². The van der Waals surface area contributed by atoms with Gasteiger partial charge in [0, 0.05) is 28.5 Å². The number of hydrogen-bond donors (Lipinski definition) is 0. The Morgan fingerprint density at radius 3 is 1.12 bits per heavy atom. The van der Waals surface area contributed by atoms with E-state index in [1.54, 1.807) is 0 Å². The van der Waals surface area contributed by atoms with E-state index >= 15 is 17.6 Å². The molecule has 50 heavy (non-hydrogen) atoms. The van der Waals surface area contributed by atoms with E-state index in [0.29, 0.717) is 0 Å². The van der Waals surface area contributed by atoms with Gasteiger partial charge in [-0.05, 0) is 0 Å². The Hall–Kier alpha value is -6.79. The van der Waals surface area contributed by atoms with Crippen LogP contribution in [0.5, 0.6) is 0 Å². The number of aromatic nitrogens is 2. The molecular weight excluding hydrogens is 712 g/mol. The Balaban J connectivity index is 2.35. The molecule has 0 amide bonds. The number of allylic oxidation sites excluding steroid dienone is 6. The van der Waals surface area contributed by atoms with Gasteiger partial charge in [-0.15, -0.1) is 0 Å². The highest BCUT2D eigenvalue weighted by molar-refractivity contribution is 6.12. The maximum atomic E-state index is 15.1. The van der Waals surface area contributed by atoms with Crippen LogP contribution in [-0.4, -0.2) is 9.97 Å². The van der Waals surface area contributed by atoms with Crippen LogP contribution >= 0.6 is 0 Å². The van der Waals surface area contributed by atoms with Gasteiger partial charge in [0.2, 0.25) is 5.82 Å². The monoisotopic (exact) mass is 713 g/mol. The number of rotatable bonds is 3. The van der Waals surface area contributed by atoms with Crippen LogP contribution in [0.25, 0.3) is 16.7 Å². The SMILES string of the molecule is N#CC(=C1C(=C(C#N)c2c(F)c(F)c(C#N)c(F)c2F)C1=C(C#N)c1c(F)c(F)c(C#N)c(F)c1F)c1cnc(C(F)(F)F)nc1C(F)(F)F. The van der Waals surface area contributed by atoms with Crippen molar-refractivity contribution in [2.24, 2.45) is 0 Å². The molecule has 0 saturated heterocycles. The quantitative estimate of drug-likeness (QED) is 0.154. The molecule has 1 heterocycles. The van der Waals surface area contributed by atoms with Crippen LogP contribution in [0, 0.1) is 103 Å².